The van der Waals surface area contributed by atoms with Gasteiger partial charge in [0.2, 0.25) is 5.78 Å². The summed E-state index contributed by atoms with van der Waals surface area (Å²) < 4.78 is 0.432. The van der Waals surface area contributed by atoms with Crippen LogP contribution in [0.3, 0.4) is 0 Å². The molecule has 14 heavy (non-hydrogen) atoms. The van der Waals surface area contributed by atoms with E-state index in [-0.39, 0.29) is 23.1 Å². The normalized spacial score (nSPS) is 9.14. The lowest BCUT2D eigenvalue weighted by Crippen LogP contribution is -2.02. The van der Waals surface area contributed by atoms with Gasteiger partial charge in [-0.2, -0.15) is 5.26 Å². The van der Waals surface area contributed by atoms with E-state index in [4.69, 9.17) is 11.0 Å². The van der Waals surface area contributed by atoms with Crippen molar-refractivity contribution in [2.75, 3.05) is 5.73 Å². The number of hydrogen-bond acceptors (Lipinski definition) is 4. The molecular weight excluding hydrogens is 248 g/mol. The Morgan fingerprint density at radius 1 is 1.57 bits per heavy atom. The van der Waals surface area contributed by atoms with E-state index in [0.717, 1.165) is 0 Å². The van der Waals surface area contributed by atoms with Crippen molar-refractivity contribution in [3.63, 3.8) is 0 Å². The van der Waals surface area contributed by atoms with Crippen molar-refractivity contribution in [3.05, 3.63) is 27.7 Å². The molecule has 0 aliphatic heterocycles. The first-order valence-corrected chi connectivity index (χ1v) is 4.38. The lowest BCUT2D eigenvalue weighted by Gasteiger charge is -2.02. The van der Waals surface area contributed by atoms with Crippen LogP contribution in [0.1, 0.15) is 15.9 Å². The minimum Gasteiger partial charge on any atom is -0.397 e. The second-order valence-corrected chi connectivity index (χ2v) is 3.37. The smallest absolute Gasteiger partial charge is 0.225 e. The van der Waals surface area contributed by atoms with E-state index in [2.05, 4.69) is 15.9 Å². The van der Waals surface area contributed by atoms with Crippen molar-refractivity contribution in [2.24, 2.45) is 0 Å². The average molecular weight is 253 g/mol. The van der Waals surface area contributed by atoms with E-state index in [1.165, 1.54) is 12.1 Å². The maximum atomic E-state index is 11.0. The Kier molecular flexibility index (Phi) is 2.99. The number of carbonyl (C=O) groups excluding carboxylic acids is 2. The lowest BCUT2D eigenvalue weighted by molar-refractivity contribution is -0.104. The van der Waals surface area contributed by atoms with Crippen molar-refractivity contribution < 1.29 is 9.59 Å². The summed E-state index contributed by atoms with van der Waals surface area (Å²) in [5.74, 6) is -0.679. The number of aldehydes is 1. The molecule has 70 valence electrons. The van der Waals surface area contributed by atoms with Crippen LogP contribution >= 0.6 is 15.9 Å². The number of benzene rings is 1. The van der Waals surface area contributed by atoms with Gasteiger partial charge in [0, 0.05) is 10.0 Å². The van der Waals surface area contributed by atoms with Crippen molar-refractivity contribution >= 4 is 33.7 Å². The third-order valence-electron chi connectivity index (χ3n) is 1.64. The second-order valence-electron chi connectivity index (χ2n) is 2.51. The first-order valence-electron chi connectivity index (χ1n) is 3.58. The molecule has 5 heteroatoms. The van der Waals surface area contributed by atoms with Gasteiger partial charge >= 0.3 is 0 Å². The number of nitrogen functional groups attached to an aromatic ring is 1. The predicted molar refractivity (Wildman–Crippen MR) is 53.7 cm³/mol. The SMILES string of the molecule is N#Cc1cc(C(=O)C=O)cc(Br)c1N. The second kappa shape index (κ2) is 4.03. The molecule has 4 nitrogen and oxygen atoms in total. The number of hydrogen-bond donors (Lipinski definition) is 1. The van der Waals surface area contributed by atoms with Gasteiger partial charge in [-0.05, 0) is 28.1 Å². The molecule has 0 aliphatic carbocycles. The third-order valence-corrected chi connectivity index (χ3v) is 2.30. The molecule has 0 spiro atoms. The number of ketones is 1. The summed E-state index contributed by atoms with van der Waals surface area (Å²) in [4.78, 5) is 21.2. The summed E-state index contributed by atoms with van der Waals surface area (Å²) in [6.07, 6.45) is 0.194. The van der Waals surface area contributed by atoms with Crippen molar-refractivity contribution in [1.82, 2.24) is 0 Å². The summed E-state index contributed by atoms with van der Waals surface area (Å²) >= 11 is 3.09. The van der Waals surface area contributed by atoms with Crippen LogP contribution in [0, 0.1) is 11.3 Å². The molecule has 0 heterocycles. The molecule has 0 amide bonds. The van der Waals surface area contributed by atoms with Gasteiger partial charge in [0.15, 0.2) is 6.29 Å². The maximum Gasteiger partial charge on any atom is 0.225 e. The highest BCUT2D eigenvalue weighted by atomic mass is 79.9. The van der Waals surface area contributed by atoms with Gasteiger partial charge in [-0.15, -0.1) is 0 Å². The number of rotatable bonds is 2. The van der Waals surface area contributed by atoms with Gasteiger partial charge in [-0.3, -0.25) is 9.59 Å². The quantitative estimate of drug-likeness (QED) is 0.372. The fourth-order valence-electron chi connectivity index (χ4n) is 0.921. The number of nitriles is 1. The first-order chi connectivity index (χ1) is 6.60. The summed E-state index contributed by atoms with van der Waals surface area (Å²) in [5, 5.41) is 8.67. The van der Waals surface area contributed by atoms with Gasteiger partial charge in [-0.1, -0.05) is 0 Å². The molecule has 0 saturated carbocycles. The standard InChI is InChI=1S/C9H5BrN2O2/c10-7-2-5(8(14)4-13)1-6(3-11)9(7)12/h1-2,4H,12H2. The molecule has 1 rings (SSSR count). The van der Waals surface area contributed by atoms with Gasteiger partial charge in [0.1, 0.15) is 6.07 Å². The van der Waals surface area contributed by atoms with Crippen LogP contribution in [0.4, 0.5) is 5.69 Å². The number of nitrogens with zero attached hydrogens (tertiary/aromatic N) is 1. The Morgan fingerprint density at radius 2 is 2.21 bits per heavy atom. The molecule has 0 bridgehead atoms. The van der Waals surface area contributed by atoms with E-state index in [1.807, 2.05) is 6.07 Å². The molecule has 0 radical (unpaired) electrons. The number of nitrogens with two attached hydrogens (primary N) is 1. The average Bonchev–Trinajstić information content (AvgIpc) is 2.20. The van der Waals surface area contributed by atoms with Crippen molar-refractivity contribution in [3.8, 4) is 6.07 Å². The fraction of sp³-hybridized carbons (Fsp3) is 0. The summed E-state index contributed by atoms with van der Waals surface area (Å²) in [6.45, 7) is 0. The molecule has 1 aromatic carbocycles. The van der Waals surface area contributed by atoms with E-state index in [1.54, 1.807) is 0 Å². The molecule has 0 fully saturated rings. The topological polar surface area (TPSA) is 84.0 Å². The Hall–Kier alpha value is -1.67. The zero-order valence-electron chi connectivity index (χ0n) is 6.95. The Bertz CT molecular complexity index is 449. The minimum atomic E-state index is -0.679. The highest BCUT2D eigenvalue weighted by Crippen LogP contribution is 2.24. The summed E-state index contributed by atoms with van der Waals surface area (Å²) in [6, 6.07) is 4.53. The van der Waals surface area contributed by atoms with Gasteiger partial charge in [-0.25, -0.2) is 0 Å². The number of anilines is 1. The largest absolute Gasteiger partial charge is 0.397 e. The number of halogens is 1. The van der Waals surface area contributed by atoms with E-state index < -0.39 is 5.78 Å². The molecular formula is C9H5BrN2O2. The maximum absolute atomic E-state index is 11.0. The molecule has 0 atom stereocenters. The highest BCUT2D eigenvalue weighted by Gasteiger charge is 2.10. The first kappa shape index (κ1) is 10.4. The highest BCUT2D eigenvalue weighted by molar-refractivity contribution is 9.10. The van der Waals surface area contributed by atoms with Gasteiger partial charge in [0.25, 0.3) is 0 Å². The molecule has 2 N–H and O–H groups in total. The van der Waals surface area contributed by atoms with Crippen molar-refractivity contribution in [2.45, 2.75) is 0 Å². The summed E-state index contributed by atoms with van der Waals surface area (Å²) in [7, 11) is 0. The number of carbonyl (C=O) groups is 2. The summed E-state index contributed by atoms with van der Waals surface area (Å²) in [5.41, 5.74) is 6.12. The monoisotopic (exact) mass is 252 g/mol. The Labute approximate surface area is 88.4 Å². The Balaban J connectivity index is 3.38. The van der Waals surface area contributed by atoms with Crippen LogP contribution in [-0.4, -0.2) is 12.1 Å². The van der Waals surface area contributed by atoms with Crippen LogP contribution < -0.4 is 5.73 Å². The molecule has 0 saturated heterocycles. The Morgan fingerprint density at radius 3 is 2.71 bits per heavy atom. The van der Waals surface area contributed by atoms with Crippen molar-refractivity contribution in [1.29, 1.82) is 5.26 Å². The molecule has 0 aliphatic rings. The van der Waals surface area contributed by atoms with E-state index in [9.17, 15) is 9.59 Å². The third kappa shape index (κ3) is 1.80. The molecule has 0 aromatic heterocycles. The van der Waals surface area contributed by atoms with E-state index in [0.29, 0.717) is 4.47 Å². The molecule has 0 unspecified atom stereocenters. The van der Waals surface area contributed by atoms with E-state index >= 15 is 0 Å². The molecule has 1 aromatic rings. The van der Waals surface area contributed by atoms with Crippen LogP contribution in [0.5, 0.6) is 0 Å². The lowest BCUT2D eigenvalue weighted by atomic mass is 10.1. The fourth-order valence-corrected chi connectivity index (χ4v) is 1.38. The zero-order chi connectivity index (χ0) is 10.7. The van der Waals surface area contributed by atoms with Gasteiger partial charge < -0.3 is 5.73 Å². The van der Waals surface area contributed by atoms with Crippen LogP contribution in [0.2, 0.25) is 0 Å². The van der Waals surface area contributed by atoms with Crippen LogP contribution in [0.15, 0.2) is 16.6 Å². The predicted octanol–water partition coefficient (Wildman–Crippen LogP) is 1.28. The number of Topliss-reactive ketones (excluding diaryl/α,β-unsaturated/α-hetero) is 1. The van der Waals surface area contributed by atoms with Gasteiger partial charge in [0.05, 0.1) is 11.3 Å². The van der Waals surface area contributed by atoms with Crippen LogP contribution in [-0.2, 0) is 4.79 Å². The zero-order valence-corrected chi connectivity index (χ0v) is 8.54. The van der Waals surface area contributed by atoms with Crippen LogP contribution in [0.25, 0.3) is 0 Å². The minimum absolute atomic E-state index is 0.151.